The fourth-order valence-corrected chi connectivity index (χ4v) is 4.41. The van der Waals surface area contributed by atoms with Crippen molar-refractivity contribution in [3.63, 3.8) is 0 Å². The molecule has 0 radical (unpaired) electrons. The van der Waals surface area contributed by atoms with Crippen LogP contribution in [-0.2, 0) is 23.9 Å². The monoisotopic (exact) mass is 368 g/mol. The quantitative estimate of drug-likeness (QED) is 0.712. The molecule has 26 heavy (non-hydrogen) atoms. The molecule has 2 aliphatic rings. The van der Waals surface area contributed by atoms with Gasteiger partial charge in [-0.15, -0.1) is 0 Å². The lowest BCUT2D eigenvalue weighted by Gasteiger charge is -2.47. The van der Waals surface area contributed by atoms with E-state index < -0.39 is 34.6 Å². The topological polar surface area (TPSA) is 93.7 Å². The average molecular weight is 368 g/mol. The van der Waals surface area contributed by atoms with Crippen LogP contribution in [0.4, 0.5) is 0 Å². The number of ether oxygens (including phenoxy) is 2. The number of rotatable bonds is 4. The zero-order chi connectivity index (χ0) is 19.7. The highest BCUT2D eigenvalue weighted by molar-refractivity contribution is 5.94. The van der Waals surface area contributed by atoms with Crippen LogP contribution in [-0.4, -0.2) is 57.1 Å². The van der Waals surface area contributed by atoms with Gasteiger partial charge in [0, 0.05) is 37.0 Å². The first-order chi connectivity index (χ1) is 12.1. The Kier molecular flexibility index (Phi) is 6.13. The van der Waals surface area contributed by atoms with E-state index in [1.165, 1.54) is 14.2 Å². The Morgan fingerprint density at radius 3 is 1.46 bits per heavy atom. The summed E-state index contributed by atoms with van der Waals surface area (Å²) >= 11 is 0. The number of piperidine rings is 2. The molecular weight excluding hydrogens is 336 g/mol. The number of carbonyl (C=O) groups is 3. The summed E-state index contributed by atoms with van der Waals surface area (Å²) in [7, 11) is 2.69. The van der Waals surface area contributed by atoms with E-state index in [0.29, 0.717) is 25.9 Å². The first-order valence-electron chi connectivity index (χ1n) is 9.27. The van der Waals surface area contributed by atoms with Gasteiger partial charge in [0.1, 0.15) is 5.78 Å². The molecule has 2 rings (SSSR count). The molecule has 2 saturated heterocycles. The molecule has 6 unspecified atom stereocenters. The molecule has 0 aromatic rings. The minimum Gasteiger partial charge on any atom is -0.469 e. The van der Waals surface area contributed by atoms with E-state index in [0.717, 1.165) is 0 Å². The average Bonchev–Trinajstić information content (AvgIpc) is 2.63. The molecule has 2 N–H and O–H groups in total. The molecular formula is C19H32N2O5. The summed E-state index contributed by atoms with van der Waals surface area (Å²) in [4.78, 5) is 38.6. The summed E-state index contributed by atoms with van der Waals surface area (Å²) in [5.74, 6) is -1.81. The normalized spacial score (nSPS) is 40.5. The fourth-order valence-electron chi connectivity index (χ4n) is 4.41. The molecule has 2 heterocycles. The molecule has 0 aromatic heterocycles. The van der Waals surface area contributed by atoms with E-state index in [4.69, 9.17) is 9.47 Å². The fraction of sp³-hybridized carbons (Fsp3) is 0.842. The second-order valence-electron chi connectivity index (χ2n) is 8.36. The van der Waals surface area contributed by atoms with Gasteiger partial charge < -0.3 is 20.1 Å². The van der Waals surface area contributed by atoms with Crippen molar-refractivity contribution in [1.29, 1.82) is 0 Å². The highest BCUT2D eigenvalue weighted by Crippen LogP contribution is 2.44. The zero-order valence-electron chi connectivity index (χ0n) is 16.7. The van der Waals surface area contributed by atoms with Crippen LogP contribution in [0.2, 0.25) is 0 Å². The van der Waals surface area contributed by atoms with Crippen LogP contribution in [0.15, 0.2) is 0 Å². The number of nitrogens with one attached hydrogen (secondary N) is 2. The van der Waals surface area contributed by atoms with Crippen molar-refractivity contribution in [1.82, 2.24) is 10.6 Å². The number of Topliss-reactive ketones (excluding diaryl/α,β-unsaturated/α-hetero) is 1. The number of ketones is 1. The SMILES string of the molecule is COC(=O)C1(C)CNC(C)CC1C(=O)C1CC(C)NCC1(C)C(=O)OC. The Morgan fingerprint density at radius 1 is 0.808 bits per heavy atom. The lowest BCUT2D eigenvalue weighted by Crippen LogP contribution is -2.61. The van der Waals surface area contributed by atoms with Gasteiger partial charge in [-0.1, -0.05) is 0 Å². The smallest absolute Gasteiger partial charge is 0.313 e. The van der Waals surface area contributed by atoms with E-state index in [2.05, 4.69) is 10.6 Å². The van der Waals surface area contributed by atoms with Gasteiger partial charge in [0.2, 0.25) is 0 Å². The van der Waals surface area contributed by atoms with Crippen molar-refractivity contribution in [2.24, 2.45) is 22.7 Å². The maximum absolute atomic E-state index is 13.6. The third-order valence-corrected chi connectivity index (χ3v) is 6.34. The summed E-state index contributed by atoms with van der Waals surface area (Å²) in [5, 5.41) is 6.56. The Bertz CT molecular complexity index is 532. The highest BCUT2D eigenvalue weighted by atomic mass is 16.5. The maximum atomic E-state index is 13.6. The molecule has 0 aromatic carbocycles. The van der Waals surface area contributed by atoms with Gasteiger partial charge in [0.05, 0.1) is 25.0 Å². The van der Waals surface area contributed by atoms with Crippen molar-refractivity contribution in [3.8, 4) is 0 Å². The van der Waals surface area contributed by atoms with Crippen molar-refractivity contribution < 1.29 is 23.9 Å². The van der Waals surface area contributed by atoms with Gasteiger partial charge in [-0.25, -0.2) is 0 Å². The number of hydrogen-bond acceptors (Lipinski definition) is 7. The largest absolute Gasteiger partial charge is 0.469 e. The van der Waals surface area contributed by atoms with Crippen LogP contribution in [0.5, 0.6) is 0 Å². The Morgan fingerprint density at radius 2 is 1.15 bits per heavy atom. The van der Waals surface area contributed by atoms with E-state index >= 15 is 0 Å². The van der Waals surface area contributed by atoms with Crippen molar-refractivity contribution >= 4 is 17.7 Å². The minimum atomic E-state index is -0.941. The molecule has 6 atom stereocenters. The lowest BCUT2D eigenvalue weighted by atomic mass is 9.61. The van der Waals surface area contributed by atoms with Crippen molar-refractivity contribution in [3.05, 3.63) is 0 Å². The molecule has 2 aliphatic heterocycles. The second-order valence-corrected chi connectivity index (χ2v) is 8.36. The Balaban J connectivity index is 2.40. The first kappa shape index (κ1) is 20.8. The standard InChI is InChI=1S/C19H32N2O5/c1-11-7-13(18(3,9-20-11)16(23)25-5)15(22)14-8-12(2)21-10-19(14,4)17(24)26-6/h11-14,20-21H,7-10H2,1-6H3. The third kappa shape index (κ3) is 3.51. The molecule has 0 bridgehead atoms. The van der Waals surface area contributed by atoms with Crippen molar-refractivity contribution in [2.75, 3.05) is 27.3 Å². The predicted molar refractivity (Wildman–Crippen MR) is 96.4 cm³/mol. The summed E-state index contributed by atoms with van der Waals surface area (Å²) in [6, 6.07) is 0.232. The van der Waals surface area contributed by atoms with E-state index in [1.807, 2.05) is 13.8 Å². The Hall–Kier alpha value is -1.47. The molecule has 7 nitrogen and oxygen atoms in total. The summed E-state index contributed by atoms with van der Waals surface area (Å²) < 4.78 is 10.0. The van der Waals surface area contributed by atoms with Gasteiger partial charge in [-0.05, 0) is 40.5 Å². The molecule has 0 saturated carbocycles. The van der Waals surface area contributed by atoms with Crippen molar-refractivity contribution in [2.45, 2.75) is 52.6 Å². The molecule has 7 heteroatoms. The van der Waals surface area contributed by atoms with Gasteiger partial charge in [0.25, 0.3) is 0 Å². The van der Waals surface area contributed by atoms with Crippen LogP contribution in [0.3, 0.4) is 0 Å². The van der Waals surface area contributed by atoms with Crippen LogP contribution in [0.1, 0.15) is 40.5 Å². The van der Waals surface area contributed by atoms with Gasteiger partial charge in [-0.2, -0.15) is 0 Å². The molecule has 0 amide bonds. The number of hydrogen-bond donors (Lipinski definition) is 2. The van der Waals surface area contributed by atoms with Crippen LogP contribution in [0.25, 0.3) is 0 Å². The summed E-state index contributed by atoms with van der Waals surface area (Å²) in [6.45, 7) is 8.32. The van der Waals surface area contributed by atoms with Crippen LogP contribution >= 0.6 is 0 Å². The first-order valence-corrected chi connectivity index (χ1v) is 9.27. The molecule has 148 valence electrons. The van der Waals surface area contributed by atoms with Crippen LogP contribution in [0, 0.1) is 22.7 Å². The number of esters is 2. The van der Waals surface area contributed by atoms with Gasteiger partial charge >= 0.3 is 11.9 Å². The molecule has 0 spiro atoms. The van der Waals surface area contributed by atoms with Gasteiger partial charge in [0.15, 0.2) is 0 Å². The second kappa shape index (κ2) is 7.64. The lowest BCUT2D eigenvalue weighted by molar-refractivity contribution is -0.167. The van der Waals surface area contributed by atoms with E-state index in [9.17, 15) is 14.4 Å². The molecule has 0 aliphatic carbocycles. The van der Waals surface area contributed by atoms with Gasteiger partial charge in [-0.3, -0.25) is 14.4 Å². The summed E-state index contributed by atoms with van der Waals surface area (Å²) in [5.41, 5.74) is -1.88. The maximum Gasteiger partial charge on any atom is 0.313 e. The number of carbonyl (C=O) groups excluding carboxylic acids is 3. The van der Waals surface area contributed by atoms with E-state index in [1.54, 1.807) is 13.8 Å². The van der Waals surface area contributed by atoms with E-state index in [-0.39, 0.29) is 17.9 Å². The highest BCUT2D eigenvalue weighted by Gasteiger charge is 2.56. The Labute approximate surface area is 155 Å². The third-order valence-electron chi connectivity index (χ3n) is 6.34. The minimum absolute atomic E-state index is 0.0347. The zero-order valence-corrected chi connectivity index (χ0v) is 16.7. The predicted octanol–water partition coefficient (Wildman–Crippen LogP) is 0.910. The summed E-state index contributed by atoms with van der Waals surface area (Å²) in [6.07, 6.45) is 1.08. The molecule has 2 fully saturated rings. The van der Waals surface area contributed by atoms with Crippen LogP contribution < -0.4 is 10.6 Å². The number of methoxy groups -OCH3 is 2.